The molecule has 0 spiro atoms. The molecule has 18 heavy (non-hydrogen) atoms. The van der Waals surface area contributed by atoms with Crippen LogP contribution in [0.4, 0.5) is 4.39 Å². The summed E-state index contributed by atoms with van der Waals surface area (Å²) in [5.74, 6) is 0.603. The first-order chi connectivity index (χ1) is 8.61. The number of imidazole rings is 1. The van der Waals surface area contributed by atoms with Crippen LogP contribution in [0.3, 0.4) is 0 Å². The van der Waals surface area contributed by atoms with Crippen molar-refractivity contribution in [3.05, 3.63) is 52.9 Å². The van der Waals surface area contributed by atoms with Crippen molar-refractivity contribution in [2.24, 2.45) is 7.05 Å². The molecule has 0 N–H and O–H groups in total. The van der Waals surface area contributed by atoms with E-state index in [1.807, 2.05) is 14.0 Å². The molecule has 1 aromatic carbocycles. The number of aromatic nitrogens is 2. The van der Waals surface area contributed by atoms with Crippen LogP contribution in [0.2, 0.25) is 0 Å². The summed E-state index contributed by atoms with van der Waals surface area (Å²) in [6, 6.07) is 8.59. The smallest absolute Gasteiger partial charge is 0.143 e. The normalized spacial score (nSPS) is 10.3. The van der Waals surface area contributed by atoms with Gasteiger partial charge in [0.2, 0.25) is 0 Å². The van der Waals surface area contributed by atoms with E-state index in [9.17, 15) is 4.39 Å². The summed E-state index contributed by atoms with van der Waals surface area (Å²) in [5.41, 5.74) is 2.46. The summed E-state index contributed by atoms with van der Waals surface area (Å²) in [4.78, 5) is 4.38. The highest BCUT2D eigenvalue weighted by Gasteiger charge is 2.11. The predicted molar refractivity (Wildman–Crippen MR) is 66.5 cm³/mol. The minimum Gasteiger partial charge on any atom is -0.323 e. The number of benzene rings is 1. The SMILES string of the molecule is Cc1nc(CCc2ccc(F)cc2)c(C#N)n1C. The highest BCUT2D eigenvalue weighted by Crippen LogP contribution is 2.12. The molecule has 0 amide bonds. The fraction of sp³-hybridized carbons (Fsp3) is 0.286. The van der Waals surface area contributed by atoms with Crippen LogP contribution >= 0.6 is 0 Å². The molecule has 2 rings (SSSR count). The minimum atomic E-state index is -0.231. The number of nitriles is 1. The molecule has 0 fully saturated rings. The van der Waals surface area contributed by atoms with Crippen LogP contribution in [0.25, 0.3) is 0 Å². The fourth-order valence-corrected chi connectivity index (χ4v) is 1.91. The van der Waals surface area contributed by atoms with Crippen molar-refractivity contribution in [1.82, 2.24) is 9.55 Å². The van der Waals surface area contributed by atoms with Gasteiger partial charge in [-0.25, -0.2) is 9.37 Å². The summed E-state index contributed by atoms with van der Waals surface area (Å²) in [7, 11) is 1.84. The van der Waals surface area contributed by atoms with Crippen molar-refractivity contribution in [1.29, 1.82) is 5.26 Å². The molecule has 0 atom stereocenters. The Bertz CT molecular complexity index is 591. The Balaban J connectivity index is 2.13. The fourth-order valence-electron chi connectivity index (χ4n) is 1.91. The van der Waals surface area contributed by atoms with Gasteiger partial charge >= 0.3 is 0 Å². The van der Waals surface area contributed by atoms with Crippen LogP contribution in [0.1, 0.15) is 22.8 Å². The molecule has 2 aromatic rings. The van der Waals surface area contributed by atoms with Gasteiger partial charge in [-0.1, -0.05) is 12.1 Å². The topological polar surface area (TPSA) is 41.6 Å². The molecule has 1 heterocycles. The molecule has 92 valence electrons. The predicted octanol–water partition coefficient (Wildman–Crippen LogP) is 2.52. The molecule has 0 saturated carbocycles. The molecule has 0 aliphatic rings. The van der Waals surface area contributed by atoms with Crippen LogP contribution in [-0.2, 0) is 19.9 Å². The largest absolute Gasteiger partial charge is 0.323 e. The number of aryl methyl sites for hydroxylation is 3. The molecule has 1 aromatic heterocycles. The summed E-state index contributed by atoms with van der Waals surface area (Å²) >= 11 is 0. The van der Waals surface area contributed by atoms with Crippen molar-refractivity contribution >= 4 is 0 Å². The third-order valence-electron chi connectivity index (χ3n) is 3.06. The van der Waals surface area contributed by atoms with E-state index in [1.165, 1.54) is 12.1 Å². The van der Waals surface area contributed by atoms with Crippen molar-refractivity contribution in [2.75, 3.05) is 0 Å². The Morgan fingerprint density at radius 2 is 1.94 bits per heavy atom. The number of hydrogen-bond donors (Lipinski definition) is 0. The summed E-state index contributed by atoms with van der Waals surface area (Å²) in [6.45, 7) is 1.88. The van der Waals surface area contributed by atoms with E-state index in [0.29, 0.717) is 12.1 Å². The Morgan fingerprint density at radius 1 is 1.28 bits per heavy atom. The second kappa shape index (κ2) is 5.01. The molecular weight excluding hydrogens is 229 g/mol. The van der Waals surface area contributed by atoms with Crippen LogP contribution in [0.15, 0.2) is 24.3 Å². The molecule has 0 bridgehead atoms. The van der Waals surface area contributed by atoms with Crippen LogP contribution in [0.5, 0.6) is 0 Å². The van der Waals surface area contributed by atoms with Gasteiger partial charge in [-0.2, -0.15) is 5.26 Å². The number of nitrogens with zero attached hydrogens (tertiary/aromatic N) is 3. The summed E-state index contributed by atoms with van der Waals surface area (Å²) in [5, 5.41) is 9.09. The van der Waals surface area contributed by atoms with Crippen LogP contribution < -0.4 is 0 Å². The first-order valence-corrected chi connectivity index (χ1v) is 5.78. The molecule has 4 heteroatoms. The van der Waals surface area contributed by atoms with Gasteiger partial charge in [0.25, 0.3) is 0 Å². The van der Waals surface area contributed by atoms with Crippen molar-refractivity contribution in [3.8, 4) is 6.07 Å². The first kappa shape index (κ1) is 12.3. The Kier molecular flexibility index (Phi) is 3.42. The first-order valence-electron chi connectivity index (χ1n) is 5.78. The van der Waals surface area contributed by atoms with Crippen molar-refractivity contribution < 1.29 is 4.39 Å². The van der Waals surface area contributed by atoms with E-state index in [4.69, 9.17) is 5.26 Å². The molecule has 3 nitrogen and oxygen atoms in total. The molecule has 0 unspecified atom stereocenters. The van der Waals surface area contributed by atoms with Gasteiger partial charge in [0.1, 0.15) is 23.4 Å². The van der Waals surface area contributed by atoms with Crippen LogP contribution in [-0.4, -0.2) is 9.55 Å². The van der Waals surface area contributed by atoms with E-state index in [1.54, 1.807) is 16.7 Å². The second-order valence-corrected chi connectivity index (χ2v) is 4.25. The maximum Gasteiger partial charge on any atom is 0.143 e. The number of rotatable bonds is 3. The molecule has 0 aliphatic heterocycles. The summed E-state index contributed by atoms with van der Waals surface area (Å²) < 4.78 is 14.6. The molecule has 0 radical (unpaired) electrons. The van der Waals surface area contributed by atoms with E-state index >= 15 is 0 Å². The lowest BCUT2D eigenvalue weighted by atomic mass is 10.1. The van der Waals surface area contributed by atoms with Crippen molar-refractivity contribution in [2.45, 2.75) is 19.8 Å². The van der Waals surface area contributed by atoms with E-state index in [-0.39, 0.29) is 5.82 Å². The monoisotopic (exact) mass is 243 g/mol. The standard InChI is InChI=1S/C14H14FN3/c1-10-17-13(14(9-16)18(10)2)8-5-11-3-6-12(15)7-4-11/h3-4,6-7H,5,8H2,1-2H3. The van der Waals surface area contributed by atoms with E-state index in [0.717, 1.165) is 23.5 Å². The van der Waals surface area contributed by atoms with Gasteiger partial charge in [-0.05, 0) is 37.5 Å². The zero-order valence-corrected chi connectivity index (χ0v) is 10.4. The van der Waals surface area contributed by atoms with Gasteiger partial charge in [-0.3, -0.25) is 0 Å². The maximum absolute atomic E-state index is 12.8. The van der Waals surface area contributed by atoms with Gasteiger partial charge < -0.3 is 4.57 Å². The average Bonchev–Trinajstić information content (AvgIpc) is 2.64. The molecule has 0 aliphatic carbocycles. The minimum absolute atomic E-state index is 0.231. The quantitative estimate of drug-likeness (QED) is 0.831. The van der Waals surface area contributed by atoms with Crippen LogP contribution in [0, 0.1) is 24.1 Å². The van der Waals surface area contributed by atoms with Gasteiger partial charge in [0, 0.05) is 7.05 Å². The van der Waals surface area contributed by atoms with Gasteiger partial charge in [0.15, 0.2) is 0 Å². The maximum atomic E-state index is 12.8. The van der Waals surface area contributed by atoms with Gasteiger partial charge in [-0.15, -0.1) is 0 Å². The van der Waals surface area contributed by atoms with E-state index in [2.05, 4.69) is 11.1 Å². The average molecular weight is 243 g/mol. The highest BCUT2D eigenvalue weighted by molar-refractivity contribution is 5.30. The lowest BCUT2D eigenvalue weighted by Gasteiger charge is -2.00. The third kappa shape index (κ3) is 2.40. The summed E-state index contributed by atoms with van der Waals surface area (Å²) in [6.07, 6.45) is 1.45. The molecular formula is C14H14FN3. The zero-order chi connectivity index (χ0) is 13.1. The Morgan fingerprint density at radius 3 is 2.56 bits per heavy atom. The third-order valence-corrected chi connectivity index (χ3v) is 3.06. The van der Waals surface area contributed by atoms with E-state index < -0.39 is 0 Å². The van der Waals surface area contributed by atoms with Gasteiger partial charge in [0.05, 0.1) is 5.69 Å². The lowest BCUT2D eigenvalue weighted by molar-refractivity contribution is 0.627. The Labute approximate surface area is 106 Å². The lowest BCUT2D eigenvalue weighted by Crippen LogP contribution is -1.97. The zero-order valence-electron chi connectivity index (χ0n) is 10.4. The Hall–Kier alpha value is -2.15. The van der Waals surface area contributed by atoms with Crippen molar-refractivity contribution in [3.63, 3.8) is 0 Å². The number of hydrogen-bond acceptors (Lipinski definition) is 2. The second-order valence-electron chi connectivity index (χ2n) is 4.25. The highest BCUT2D eigenvalue weighted by atomic mass is 19.1. The molecule has 0 saturated heterocycles. The number of halogens is 1.